The predicted octanol–water partition coefficient (Wildman–Crippen LogP) is 2.87. The van der Waals surface area contributed by atoms with Gasteiger partial charge in [0, 0.05) is 5.56 Å². The van der Waals surface area contributed by atoms with Crippen LogP contribution in [0.4, 0.5) is 10.2 Å². The minimum absolute atomic E-state index is 0.148. The first kappa shape index (κ1) is 11.8. The van der Waals surface area contributed by atoms with Crippen LogP contribution in [0.3, 0.4) is 0 Å². The molecule has 0 atom stereocenters. The second-order valence-electron chi connectivity index (χ2n) is 3.48. The summed E-state index contributed by atoms with van der Waals surface area (Å²) in [6, 6.07) is 4.30. The highest BCUT2D eigenvalue weighted by Gasteiger charge is 2.14. The van der Waals surface area contributed by atoms with Gasteiger partial charge >= 0.3 is 0 Å². The quantitative estimate of drug-likeness (QED) is 0.895. The van der Waals surface area contributed by atoms with Crippen LogP contribution < -0.4 is 5.32 Å². The van der Waals surface area contributed by atoms with Gasteiger partial charge < -0.3 is 5.32 Å². The zero-order valence-corrected chi connectivity index (χ0v) is 10.5. The third-order valence-electron chi connectivity index (χ3n) is 2.26. The summed E-state index contributed by atoms with van der Waals surface area (Å²) < 4.78 is 13.4. The van der Waals surface area contributed by atoms with Crippen LogP contribution in [0, 0.1) is 12.7 Å². The van der Waals surface area contributed by atoms with Crippen LogP contribution in [0.25, 0.3) is 0 Å². The number of halogens is 2. The second-order valence-corrected chi connectivity index (χ2v) is 4.28. The van der Waals surface area contributed by atoms with Gasteiger partial charge in [-0.1, -0.05) is 6.07 Å². The Labute approximate surface area is 105 Å². The van der Waals surface area contributed by atoms with Crippen LogP contribution in [0.1, 0.15) is 15.9 Å². The van der Waals surface area contributed by atoms with E-state index in [0.717, 1.165) is 5.56 Å². The molecule has 4 nitrogen and oxygen atoms in total. The van der Waals surface area contributed by atoms with Crippen molar-refractivity contribution in [2.24, 2.45) is 0 Å². The highest BCUT2D eigenvalue weighted by Crippen LogP contribution is 2.21. The molecule has 0 saturated carbocycles. The number of amides is 1. The molecule has 2 N–H and O–H groups in total. The van der Waals surface area contributed by atoms with Gasteiger partial charge in [0.1, 0.15) is 11.6 Å². The maximum Gasteiger partial charge on any atom is 0.258 e. The summed E-state index contributed by atoms with van der Waals surface area (Å²) in [6.45, 7) is 1.81. The van der Waals surface area contributed by atoms with Crippen molar-refractivity contribution in [3.63, 3.8) is 0 Å². The number of aromatic nitrogens is 2. The van der Waals surface area contributed by atoms with E-state index >= 15 is 0 Å². The summed E-state index contributed by atoms with van der Waals surface area (Å²) >= 11 is 3.04. The first-order valence-corrected chi connectivity index (χ1v) is 5.64. The van der Waals surface area contributed by atoms with Crippen molar-refractivity contribution in [1.82, 2.24) is 10.2 Å². The van der Waals surface area contributed by atoms with E-state index in [2.05, 4.69) is 31.4 Å². The largest absolute Gasteiger partial charge is 0.307 e. The number of nitrogens with one attached hydrogen (secondary N) is 2. The average Bonchev–Trinajstić information content (AvgIpc) is 2.68. The topological polar surface area (TPSA) is 57.8 Å². The molecule has 0 aliphatic heterocycles. The van der Waals surface area contributed by atoms with Crippen LogP contribution in [-0.4, -0.2) is 16.1 Å². The molecule has 1 aromatic carbocycles. The van der Waals surface area contributed by atoms with Gasteiger partial charge in [0.15, 0.2) is 0 Å². The number of hydrogen-bond acceptors (Lipinski definition) is 2. The summed E-state index contributed by atoms with van der Waals surface area (Å²) in [4.78, 5) is 11.9. The number of aryl methyl sites for hydroxylation is 1. The Kier molecular flexibility index (Phi) is 3.23. The number of nitrogens with zero attached hydrogens (tertiary/aromatic N) is 1. The Hall–Kier alpha value is -1.69. The van der Waals surface area contributed by atoms with E-state index in [1.807, 2.05) is 0 Å². The van der Waals surface area contributed by atoms with Crippen molar-refractivity contribution >= 4 is 27.7 Å². The summed E-state index contributed by atoms with van der Waals surface area (Å²) in [6.07, 6.45) is 1.59. The molecule has 17 heavy (non-hydrogen) atoms. The van der Waals surface area contributed by atoms with E-state index in [-0.39, 0.29) is 10.0 Å². The van der Waals surface area contributed by atoms with Gasteiger partial charge in [-0.15, -0.1) is 0 Å². The SMILES string of the molecule is Cc1cn[nH]c1NC(=O)c1cccc(F)c1Br. The van der Waals surface area contributed by atoms with Gasteiger partial charge in [-0.2, -0.15) is 5.10 Å². The van der Waals surface area contributed by atoms with Gasteiger partial charge in [0.05, 0.1) is 16.2 Å². The number of anilines is 1. The normalized spacial score (nSPS) is 10.3. The van der Waals surface area contributed by atoms with Gasteiger partial charge in [0.25, 0.3) is 5.91 Å². The molecule has 0 bridgehead atoms. The molecule has 0 aliphatic rings. The van der Waals surface area contributed by atoms with Crippen LogP contribution in [0.5, 0.6) is 0 Å². The van der Waals surface area contributed by atoms with Crippen molar-refractivity contribution in [2.45, 2.75) is 6.92 Å². The Bertz CT molecular complexity index is 568. The van der Waals surface area contributed by atoms with Crippen molar-refractivity contribution in [1.29, 1.82) is 0 Å². The van der Waals surface area contributed by atoms with E-state index in [0.29, 0.717) is 5.82 Å². The summed E-state index contributed by atoms with van der Waals surface area (Å²) in [5, 5.41) is 9.05. The molecule has 2 rings (SSSR count). The molecule has 1 aromatic heterocycles. The van der Waals surface area contributed by atoms with Crippen molar-refractivity contribution < 1.29 is 9.18 Å². The van der Waals surface area contributed by atoms with Crippen LogP contribution in [0.2, 0.25) is 0 Å². The minimum atomic E-state index is -0.473. The minimum Gasteiger partial charge on any atom is -0.307 e. The third-order valence-corrected chi connectivity index (χ3v) is 3.07. The fourth-order valence-electron chi connectivity index (χ4n) is 1.33. The number of benzene rings is 1. The molecule has 0 radical (unpaired) electrons. The van der Waals surface area contributed by atoms with Crippen LogP contribution in [0.15, 0.2) is 28.9 Å². The van der Waals surface area contributed by atoms with Crippen molar-refractivity contribution in [3.05, 3.63) is 45.8 Å². The number of carbonyl (C=O) groups is 1. The second kappa shape index (κ2) is 4.67. The molecule has 0 spiro atoms. The lowest BCUT2D eigenvalue weighted by Crippen LogP contribution is -2.14. The van der Waals surface area contributed by atoms with Crippen LogP contribution >= 0.6 is 15.9 Å². The van der Waals surface area contributed by atoms with E-state index in [9.17, 15) is 9.18 Å². The Balaban J connectivity index is 2.27. The van der Waals surface area contributed by atoms with Crippen molar-refractivity contribution in [2.75, 3.05) is 5.32 Å². The van der Waals surface area contributed by atoms with E-state index in [4.69, 9.17) is 0 Å². The molecule has 6 heteroatoms. The standard InChI is InChI=1S/C11H9BrFN3O/c1-6-5-14-16-10(6)15-11(17)7-3-2-4-8(13)9(7)12/h2-5H,1H3,(H2,14,15,16,17). The fraction of sp³-hybridized carbons (Fsp3) is 0.0909. The maximum atomic E-state index is 13.3. The molecule has 0 fully saturated rings. The molecule has 0 aliphatic carbocycles. The summed E-state index contributed by atoms with van der Waals surface area (Å²) in [5.41, 5.74) is 1.05. The molecule has 88 valence electrons. The summed E-state index contributed by atoms with van der Waals surface area (Å²) in [7, 11) is 0. The van der Waals surface area contributed by atoms with Gasteiger partial charge in [-0.3, -0.25) is 9.89 Å². The van der Waals surface area contributed by atoms with Gasteiger partial charge in [0.2, 0.25) is 0 Å². The number of H-pyrrole nitrogens is 1. The number of rotatable bonds is 2. The molecule has 2 aromatic rings. The monoisotopic (exact) mass is 297 g/mol. The summed E-state index contributed by atoms with van der Waals surface area (Å²) in [5.74, 6) is -0.367. The zero-order valence-electron chi connectivity index (χ0n) is 8.92. The molecule has 0 unspecified atom stereocenters. The number of carbonyl (C=O) groups excluding carboxylic acids is 1. The van der Waals surface area contributed by atoms with Crippen LogP contribution in [-0.2, 0) is 0 Å². The maximum absolute atomic E-state index is 13.3. The fourth-order valence-corrected chi connectivity index (χ4v) is 1.78. The average molecular weight is 298 g/mol. The Morgan fingerprint density at radius 2 is 2.29 bits per heavy atom. The third kappa shape index (κ3) is 2.36. The lowest BCUT2D eigenvalue weighted by atomic mass is 10.2. The van der Waals surface area contributed by atoms with Gasteiger partial charge in [-0.05, 0) is 35.0 Å². The molecule has 1 heterocycles. The first-order chi connectivity index (χ1) is 8.09. The molecular weight excluding hydrogens is 289 g/mol. The highest BCUT2D eigenvalue weighted by atomic mass is 79.9. The number of aromatic amines is 1. The first-order valence-electron chi connectivity index (χ1n) is 4.85. The lowest BCUT2D eigenvalue weighted by Gasteiger charge is -2.06. The smallest absolute Gasteiger partial charge is 0.258 e. The zero-order chi connectivity index (χ0) is 12.4. The lowest BCUT2D eigenvalue weighted by molar-refractivity contribution is 0.102. The van der Waals surface area contributed by atoms with E-state index in [1.54, 1.807) is 13.1 Å². The van der Waals surface area contributed by atoms with Gasteiger partial charge in [-0.25, -0.2) is 4.39 Å². The van der Waals surface area contributed by atoms with E-state index < -0.39 is 11.7 Å². The Morgan fingerprint density at radius 1 is 1.53 bits per heavy atom. The molecule has 0 saturated heterocycles. The predicted molar refractivity (Wildman–Crippen MR) is 65.4 cm³/mol. The highest BCUT2D eigenvalue weighted by molar-refractivity contribution is 9.10. The van der Waals surface area contributed by atoms with Crippen molar-refractivity contribution in [3.8, 4) is 0 Å². The van der Waals surface area contributed by atoms with E-state index in [1.165, 1.54) is 18.2 Å². The Morgan fingerprint density at radius 3 is 2.94 bits per heavy atom. The molecular formula is C11H9BrFN3O. The molecule has 1 amide bonds. The number of hydrogen-bond donors (Lipinski definition) is 2.